The van der Waals surface area contributed by atoms with Crippen LogP contribution >= 0.6 is 0 Å². The smallest absolute Gasteiger partial charge is 0.256 e. The summed E-state index contributed by atoms with van der Waals surface area (Å²) in [7, 11) is 0. The van der Waals surface area contributed by atoms with E-state index in [0.717, 1.165) is 5.69 Å². The first-order chi connectivity index (χ1) is 8.61. The number of hydrogen-bond acceptors (Lipinski definition) is 5. The molecule has 1 aromatic rings. The van der Waals surface area contributed by atoms with Crippen molar-refractivity contribution in [3.05, 3.63) is 23.0 Å². The number of aliphatic hydroxyl groups excluding tert-OH is 1. The minimum absolute atomic E-state index is 0.0730. The second-order valence-corrected chi connectivity index (χ2v) is 4.41. The fraction of sp³-hybridized carbons (Fsp3) is 0.583. The predicted octanol–water partition coefficient (Wildman–Crippen LogP) is -0.0733. The van der Waals surface area contributed by atoms with Crippen LogP contribution in [0.15, 0.2) is 6.07 Å². The number of carbonyl (C=O) groups is 1. The first-order valence-corrected chi connectivity index (χ1v) is 5.94. The molecule has 2 rings (SSSR count). The normalized spacial score (nSPS) is 19.9. The van der Waals surface area contributed by atoms with Crippen LogP contribution in [0.4, 0.5) is 0 Å². The summed E-state index contributed by atoms with van der Waals surface area (Å²) in [4.78, 5) is 14.0. The molecule has 6 heteroatoms. The summed E-state index contributed by atoms with van der Waals surface area (Å²) in [5, 5.41) is 16.9. The summed E-state index contributed by atoms with van der Waals surface area (Å²) in [5.74, 6) is -0.0766. The Bertz CT molecular complexity index is 450. The highest BCUT2D eigenvalue weighted by Crippen LogP contribution is 2.13. The molecule has 1 aliphatic rings. The van der Waals surface area contributed by atoms with Gasteiger partial charge in [-0.25, -0.2) is 0 Å². The highest BCUT2D eigenvalue weighted by Gasteiger charge is 2.25. The van der Waals surface area contributed by atoms with Crippen LogP contribution in [-0.2, 0) is 4.74 Å². The standard InChI is InChI=1S/C12H17N3O3/c1-8-5-11(9(2)14-13-8)12(17)15-3-4-18-10(6-15)7-16/h5,10,16H,3-4,6-7H2,1-2H3. The second-order valence-electron chi connectivity index (χ2n) is 4.41. The fourth-order valence-corrected chi connectivity index (χ4v) is 1.95. The molecule has 1 N–H and O–H groups in total. The van der Waals surface area contributed by atoms with Crippen LogP contribution in [0, 0.1) is 13.8 Å². The van der Waals surface area contributed by atoms with Gasteiger partial charge in [0.15, 0.2) is 0 Å². The molecule has 1 atom stereocenters. The van der Waals surface area contributed by atoms with Crippen molar-refractivity contribution < 1.29 is 14.6 Å². The molecule has 1 saturated heterocycles. The first kappa shape index (κ1) is 12.9. The van der Waals surface area contributed by atoms with Gasteiger partial charge >= 0.3 is 0 Å². The van der Waals surface area contributed by atoms with Crippen LogP contribution < -0.4 is 0 Å². The molecule has 6 nitrogen and oxygen atoms in total. The Kier molecular flexibility index (Phi) is 3.88. The van der Waals surface area contributed by atoms with Crippen molar-refractivity contribution in [1.29, 1.82) is 0 Å². The maximum absolute atomic E-state index is 12.4. The van der Waals surface area contributed by atoms with Gasteiger partial charge < -0.3 is 14.7 Å². The minimum atomic E-state index is -0.293. The Morgan fingerprint density at radius 2 is 2.33 bits per heavy atom. The lowest BCUT2D eigenvalue weighted by Gasteiger charge is -2.32. The van der Waals surface area contributed by atoms with Gasteiger partial charge in [-0.3, -0.25) is 4.79 Å². The van der Waals surface area contributed by atoms with Crippen molar-refractivity contribution in [2.45, 2.75) is 20.0 Å². The van der Waals surface area contributed by atoms with Crippen molar-refractivity contribution in [3.63, 3.8) is 0 Å². The van der Waals surface area contributed by atoms with E-state index in [1.807, 2.05) is 0 Å². The van der Waals surface area contributed by atoms with Gasteiger partial charge in [0.25, 0.3) is 5.91 Å². The topological polar surface area (TPSA) is 75.6 Å². The summed E-state index contributed by atoms with van der Waals surface area (Å²) in [6.07, 6.45) is -0.293. The molecule has 1 amide bonds. The molecule has 1 aliphatic heterocycles. The monoisotopic (exact) mass is 251 g/mol. The molecule has 0 radical (unpaired) electrons. The van der Waals surface area contributed by atoms with E-state index >= 15 is 0 Å². The third kappa shape index (κ3) is 2.65. The summed E-state index contributed by atoms with van der Waals surface area (Å²) in [6, 6.07) is 1.74. The molecular formula is C12H17N3O3. The number of ether oxygens (including phenoxy) is 1. The second kappa shape index (κ2) is 5.41. The third-order valence-electron chi connectivity index (χ3n) is 2.96. The van der Waals surface area contributed by atoms with Crippen LogP contribution in [0.1, 0.15) is 21.7 Å². The van der Waals surface area contributed by atoms with E-state index in [4.69, 9.17) is 9.84 Å². The first-order valence-electron chi connectivity index (χ1n) is 5.94. The zero-order chi connectivity index (χ0) is 13.1. The Labute approximate surface area is 106 Å². The lowest BCUT2D eigenvalue weighted by molar-refractivity contribution is -0.0447. The number of morpholine rings is 1. The maximum atomic E-state index is 12.4. The van der Waals surface area contributed by atoms with Gasteiger partial charge in [-0.15, -0.1) is 0 Å². The van der Waals surface area contributed by atoms with Crippen molar-refractivity contribution in [3.8, 4) is 0 Å². The maximum Gasteiger partial charge on any atom is 0.256 e. The van der Waals surface area contributed by atoms with Crippen molar-refractivity contribution in [2.24, 2.45) is 0 Å². The Hall–Kier alpha value is -1.53. The number of aryl methyl sites for hydroxylation is 2. The van der Waals surface area contributed by atoms with Crippen LogP contribution in [0.3, 0.4) is 0 Å². The molecule has 0 aromatic carbocycles. The zero-order valence-corrected chi connectivity index (χ0v) is 10.6. The van der Waals surface area contributed by atoms with E-state index in [-0.39, 0.29) is 18.6 Å². The van der Waals surface area contributed by atoms with E-state index in [1.165, 1.54) is 0 Å². The zero-order valence-electron chi connectivity index (χ0n) is 10.6. The number of amides is 1. The SMILES string of the molecule is Cc1cc(C(=O)N2CCOC(CO)C2)c(C)nn1. The molecule has 0 saturated carbocycles. The van der Waals surface area contributed by atoms with E-state index < -0.39 is 0 Å². The van der Waals surface area contributed by atoms with Gasteiger partial charge in [-0.1, -0.05) is 0 Å². The largest absolute Gasteiger partial charge is 0.394 e. The number of hydrogen-bond donors (Lipinski definition) is 1. The molecular weight excluding hydrogens is 234 g/mol. The number of aromatic nitrogens is 2. The van der Waals surface area contributed by atoms with E-state index in [9.17, 15) is 4.79 Å². The average Bonchev–Trinajstić information content (AvgIpc) is 2.41. The molecule has 0 bridgehead atoms. The van der Waals surface area contributed by atoms with Crippen LogP contribution in [0.5, 0.6) is 0 Å². The average molecular weight is 251 g/mol. The van der Waals surface area contributed by atoms with Gasteiger partial charge in [-0.05, 0) is 19.9 Å². The lowest BCUT2D eigenvalue weighted by atomic mass is 10.1. The lowest BCUT2D eigenvalue weighted by Crippen LogP contribution is -2.47. The van der Waals surface area contributed by atoms with E-state index in [2.05, 4.69) is 10.2 Å². The quantitative estimate of drug-likeness (QED) is 0.796. The number of nitrogens with zero attached hydrogens (tertiary/aromatic N) is 3. The van der Waals surface area contributed by atoms with Crippen LogP contribution in [0.2, 0.25) is 0 Å². The predicted molar refractivity (Wildman–Crippen MR) is 64.2 cm³/mol. The molecule has 18 heavy (non-hydrogen) atoms. The van der Waals surface area contributed by atoms with Crippen LogP contribution in [0.25, 0.3) is 0 Å². The third-order valence-corrected chi connectivity index (χ3v) is 2.96. The number of rotatable bonds is 2. The number of aliphatic hydroxyl groups is 1. The molecule has 1 aromatic heterocycles. The summed E-state index contributed by atoms with van der Waals surface area (Å²) < 4.78 is 5.33. The summed E-state index contributed by atoms with van der Waals surface area (Å²) >= 11 is 0. The fourth-order valence-electron chi connectivity index (χ4n) is 1.95. The summed E-state index contributed by atoms with van der Waals surface area (Å²) in [5.41, 5.74) is 1.91. The molecule has 98 valence electrons. The molecule has 1 fully saturated rings. The molecule has 2 heterocycles. The van der Waals surface area contributed by atoms with Gasteiger partial charge in [-0.2, -0.15) is 10.2 Å². The van der Waals surface area contributed by atoms with Crippen molar-refractivity contribution >= 4 is 5.91 Å². The van der Waals surface area contributed by atoms with E-state index in [1.54, 1.807) is 24.8 Å². The highest BCUT2D eigenvalue weighted by atomic mass is 16.5. The Morgan fingerprint density at radius 3 is 3.06 bits per heavy atom. The van der Waals surface area contributed by atoms with Gasteiger partial charge in [0, 0.05) is 13.1 Å². The molecule has 0 aliphatic carbocycles. The van der Waals surface area contributed by atoms with Crippen LogP contribution in [-0.4, -0.2) is 58.5 Å². The van der Waals surface area contributed by atoms with Gasteiger partial charge in [0.2, 0.25) is 0 Å². The van der Waals surface area contributed by atoms with E-state index in [0.29, 0.717) is 31.0 Å². The van der Waals surface area contributed by atoms with Crippen molar-refractivity contribution in [2.75, 3.05) is 26.3 Å². The van der Waals surface area contributed by atoms with Crippen molar-refractivity contribution in [1.82, 2.24) is 15.1 Å². The summed E-state index contributed by atoms with van der Waals surface area (Å²) in [6.45, 7) is 4.90. The Morgan fingerprint density at radius 1 is 1.56 bits per heavy atom. The molecule has 0 spiro atoms. The number of carbonyl (C=O) groups excluding carboxylic acids is 1. The van der Waals surface area contributed by atoms with Gasteiger partial charge in [0.1, 0.15) is 0 Å². The molecule has 1 unspecified atom stereocenters. The Balaban J connectivity index is 2.17. The van der Waals surface area contributed by atoms with Gasteiger partial charge in [0.05, 0.1) is 36.3 Å². The highest BCUT2D eigenvalue weighted by molar-refractivity contribution is 5.95. The minimum Gasteiger partial charge on any atom is -0.394 e.